The van der Waals surface area contributed by atoms with Gasteiger partial charge in [0.25, 0.3) is 5.91 Å². The minimum absolute atomic E-state index is 0.0369. The first-order valence-electron chi connectivity index (χ1n) is 10.3. The Morgan fingerprint density at radius 1 is 1.03 bits per heavy atom. The molecule has 0 unspecified atom stereocenters. The highest BCUT2D eigenvalue weighted by Crippen LogP contribution is 2.25. The van der Waals surface area contributed by atoms with Crippen LogP contribution in [-0.2, 0) is 0 Å². The van der Waals surface area contributed by atoms with Crippen LogP contribution in [0.4, 0.5) is 0 Å². The Hall–Kier alpha value is -2.92. The number of hydrogen-bond acceptors (Lipinski definition) is 3. The molecule has 29 heavy (non-hydrogen) atoms. The third kappa shape index (κ3) is 4.57. The zero-order valence-corrected chi connectivity index (χ0v) is 16.8. The van der Waals surface area contributed by atoms with Crippen molar-refractivity contribution in [3.63, 3.8) is 0 Å². The largest absolute Gasteiger partial charge is 0.351 e. The predicted octanol–water partition coefficient (Wildman–Crippen LogP) is 3.72. The Labute approximate surface area is 170 Å². The molecule has 1 amide bonds. The van der Waals surface area contributed by atoms with Gasteiger partial charge in [0.15, 0.2) is 0 Å². The molecule has 5 heteroatoms. The molecule has 3 aromatic rings. The van der Waals surface area contributed by atoms with Crippen molar-refractivity contribution in [2.24, 2.45) is 0 Å². The van der Waals surface area contributed by atoms with Crippen LogP contribution in [0.5, 0.6) is 0 Å². The molecular formula is C24H27N3O2. The van der Waals surface area contributed by atoms with Gasteiger partial charge in [0, 0.05) is 35.6 Å². The van der Waals surface area contributed by atoms with Gasteiger partial charge < -0.3 is 15.2 Å². The number of aromatic nitrogens is 1. The van der Waals surface area contributed by atoms with Crippen LogP contribution in [0.15, 0.2) is 53.3 Å². The fraction of sp³-hybridized carbons (Fsp3) is 0.333. The van der Waals surface area contributed by atoms with Crippen LogP contribution >= 0.6 is 0 Å². The van der Waals surface area contributed by atoms with Crippen LogP contribution in [0.25, 0.3) is 22.0 Å². The van der Waals surface area contributed by atoms with Crippen LogP contribution < -0.4 is 10.9 Å². The molecule has 1 fully saturated rings. The van der Waals surface area contributed by atoms with Crippen molar-refractivity contribution in [3.8, 4) is 11.1 Å². The van der Waals surface area contributed by atoms with Crippen molar-refractivity contribution < 1.29 is 4.79 Å². The average Bonchev–Trinajstić information content (AvgIpc) is 2.74. The van der Waals surface area contributed by atoms with Crippen molar-refractivity contribution in [1.29, 1.82) is 0 Å². The molecule has 2 N–H and O–H groups in total. The summed E-state index contributed by atoms with van der Waals surface area (Å²) in [4.78, 5) is 29.6. The van der Waals surface area contributed by atoms with Crippen molar-refractivity contribution in [3.05, 3.63) is 70.0 Å². The average molecular weight is 389 g/mol. The number of rotatable bonds is 5. The molecule has 150 valence electrons. The molecule has 0 atom stereocenters. The number of carbonyl (C=O) groups is 1. The molecule has 2 heterocycles. The van der Waals surface area contributed by atoms with E-state index in [9.17, 15) is 9.59 Å². The number of nitrogens with one attached hydrogen (secondary N) is 2. The molecule has 1 saturated heterocycles. The number of nitrogens with zero attached hydrogens (tertiary/aromatic N) is 1. The second-order valence-electron chi connectivity index (χ2n) is 7.82. The van der Waals surface area contributed by atoms with E-state index >= 15 is 0 Å². The molecule has 0 spiro atoms. The highest BCUT2D eigenvalue weighted by molar-refractivity contribution is 5.96. The normalized spacial score (nSPS) is 14.8. The highest BCUT2D eigenvalue weighted by atomic mass is 16.1. The van der Waals surface area contributed by atoms with E-state index in [4.69, 9.17) is 0 Å². The third-order valence-electron chi connectivity index (χ3n) is 5.67. The van der Waals surface area contributed by atoms with Gasteiger partial charge in [0.1, 0.15) is 0 Å². The van der Waals surface area contributed by atoms with Crippen LogP contribution in [0.1, 0.15) is 35.2 Å². The number of benzene rings is 2. The number of H-pyrrole nitrogens is 1. The van der Waals surface area contributed by atoms with Gasteiger partial charge in [-0.3, -0.25) is 9.59 Å². The molecule has 5 nitrogen and oxygen atoms in total. The molecular weight excluding hydrogens is 362 g/mol. The van der Waals surface area contributed by atoms with Gasteiger partial charge in [-0.05, 0) is 73.8 Å². The molecule has 0 radical (unpaired) electrons. The molecule has 0 aliphatic carbocycles. The van der Waals surface area contributed by atoms with Gasteiger partial charge in [-0.1, -0.05) is 24.6 Å². The number of pyridine rings is 1. The summed E-state index contributed by atoms with van der Waals surface area (Å²) in [5.41, 5.74) is 4.35. The van der Waals surface area contributed by atoms with Gasteiger partial charge in [0.05, 0.1) is 0 Å². The second kappa shape index (κ2) is 8.62. The van der Waals surface area contributed by atoms with Crippen LogP contribution in [0.2, 0.25) is 0 Å². The molecule has 1 aromatic heterocycles. The number of amides is 1. The maximum absolute atomic E-state index is 12.6. The number of aromatic amines is 1. The summed E-state index contributed by atoms with van der Waals surface area (Å²) < 4.78 is 0. The molecule has 2 aromatic carbocycles. The van der Waals surface area contributed by atoms with Gasteiger partial charge >= 0.3 is 0 Å². The first kappa shape index (κ1) is 19.4. The summed E-state index contributed by atoms with van der Waals surface area (Å²) in [5.74, 6) is -0.0369. The molecule has 0 saturated carbocycles. The van der Waals surface area contributed by atoms with Crippen molar-refractivity contribution >= 4 is 16.8 Å². The highest BCUT2D eigenvalue weighted by Gasteiger charge is 2.11. The SMILES string of the molecule is Cc1cc(=O)[nH]c2ccc(-c3cccc(C(=O)NCCN4CCCCC4)c3)cc12. The van der Waals surface area contributed by atoms with E-state index in [0.29, 0.717) is 12.1 Å². The minimum Gasteiger partial charge on any atom is -0.351 e. The first-order chi connectivity index (χ1) is 14.1. The van der Waals surface area contributed by atoms with Crippen LogP contribution in [0.3, 0.4) is 0 Å². The quantitative estimate of drug-likeness (QED) is 0.699. The summed E-state index contributed by atoms with van der Waals surface area (Å²) in [6.07, 6.45) is 3.84. The Kier molecular flexibility index (Phi) is 5.76. The summed E-state index contributed by atoms with van der Waals surface area (Å²) in [5, 5.41) is 4.06. The maximum Gasteiger partial charge on any atom is 0.251 e. The van der Waals surface area contributed by atoms with Crippen molar-refractivity contribution in [2.75, 3.05) is 26.2 Å². The molecule has 4 rings (SSSR count). The Bertz CT molecular complexity index is 1080. The maximum atomic E-state index is 12.6. The lowest BCUT2D eigenvalue weighted by Gasteiger charge is -2.26. The molecule has 0 bridgehead atoms. The number of hydrogen-bond donors (Lipinski definition) is 2. The van der Waals surface area contributed by atoms with Gasteiger partial charge in [-0.2, -0.15) is 0 Å². The van der Waals surface area contributed by atoms with E-state index in [1.54, 1.807) is 6.07 Å². The summed E-state index contributed by atoms with van der Waals surface area (Å²) in [6, 6.07) is 15.3. The molecule has 1 aliphatic heterocycles. The fourth-order valence-electron chi connectivity index (χ4n) is 4.05. The Morgan fingerprint density at radius 3 is 2.66 bits per heavy atom. The van der Waals surface area contributed by atoms with Crippen LogP contribution in [0, 0.1) is 6.92 Å². The summed E-state index contributed by atoms with van der Waals surface area (Å²) in [6.45, 7) is 5.79. The lowest BCUT2D eigenvalue weighted by molar-refractivity contribution is 0.0946. The number of piperidine rings is 1. The van der Waals surface area contributed by atoms with E-state index in [0.717, 1.165) is 47.2 Å². The van der Waals surface area contributed by atoms with E-state index in [1.165, 1.54) is 19.3 Å². The second-order valence-corrected chi connectivity index (χ2v) is 7.82. The smallest absolute Gasteiger partial charge is 0.251 e. The topological polar surface area (TPSA) is 65.2 Å². The lowest BCUT2D eigenvalue weighted by atomic mass is 9.99. The number of fused-ring (bicyclic) bond motifs is 1. The minimum atomic E-state index is -0.0917. The van der Waals surface area contributed by atoms with Gasteiger partial charge in [-0.25, -0.2) is 0 Å². The van der Waals surface area contributed by atoms with E-state index < -0.39 is 0 Å². The summed E-state index contributed by atoms with van der Waals surface area (Å²) in [7, 11) is 0. The zero-order valence-electron chi connectivity index (χ0n) is 16.8. The Morgan fingerprint density at radius 2 is 1.83 bits per heavy atom. The monoisotopic (exact) mass is 389 g/mol. The fourth-order valence-corrected chi connectivity index (χ4v) is 4.05. The van der Waals surface area contributed by atoms with E-state index in [1.807, 2.05) is 43.3 Å². The zero-order chi connectivity index (χ0) is 20.2. The number of likely N-dealkylation sites (tertiary alicyclic amines) is 1. The van der Waals surface area contributed by atoms with Gasteiger partial charge in [-0.15, -0.1) is 0 Å². The number of aryl methyl sites for hydroxylation is 1. The standard InChI is InChI=1S/C24H27N3O2/c1-17-14-23(28)26-22-9-8-19(16-21(17)22)18-6-5-7-20(15-18)24(29)25-10-13-27-11-3-2-4-12-27/h5-9,14-16H,2-4,10-13H2,1H3,(H,25,29)(H,26,28). The van der Waals surface area contributed by atoms with Crippen molar-refractivity contribution in [2.45, 2.75) is 26.2 Å². The first-order valence-corrected chi connectivity index (χ1v) is 10.3. The van der Waals surface area contributed by atoms with Crippen molar-refractivity contribution in [1.82, 2.24) is 15.2 Å². The predicted molar refractivity (Wildman–Crippen MR) is 117 cm³/mol. The van der Waals surface area contributed by atoms with Gasteiger partial charge in [0.2, 0.25) is 5.56 Å². The third-order valence-corrected chi connectivity index (χ3v) is 5.67. The molecule has 1 aliphatic rings. The summed E-state index contributed by atoms with van der Waals surface area (Å²) >= 11 is 0. The lowest BCUT2D eigenvalue weighted by Crippen LogP contribution is -2.37. The number of carbonyl (C=O) groups excluding carboxylic acids is 1. The van der Waals surface area contributed by atoms with Crippen LogP contribution in [-0.4, -0.2) is 42.0 Å². The Balaban J connectivity index is 1.48. The van der Waals surface area contributed by atoms with E-state index in [-0.39, 0.29) is 11.5 Å². The van der Waals surface area contributed by atoms with E-state index in [2.05, 4.69) is 21.3 Å².